The van der Waals surface area contributed by atoms with E-state index in [-0.39, 0.29) is 0 Å². The van der Waals surface area contributed by atoms with Gasteiger partial charge < -0.3 is 4.57 Å². The predicted molar refractivity (Wildman–Crippen MR) is 110 cm³/mol. The molecule has 28 heavy (non-hydrogen) atoms. The maximum Gasteiger partial charge on any atom is 0.164 e. The van der Waals surface area contributed by atoms with Crippen LogP contribution in [-0.2, 0) is 6.54 Å². The van der Waals surface area contributed by atoms with Gasteiger partial charge in [0.05, 0.1) is 6.54 Å². The van der Waals surface area contributed by atoms with Crippen molar-refractivity contribution in [1.82, 2.24) is 24.5 Å². The maximum absolute atomic E-state index is 4.95. The monoisotopic (exact) mass is 363 g/mol. The molecule has 2 aromatic carbocycles. The summed E-state index contributed by atoms with van der Waals surface area (Å²) in [7, 11) is 0. The van der Waals surface area contributed by atoms with E-state index in [1.165, 1.54) is 5.56 Å². The van der Waals surface area contributed by atoms with E-state index in [4.69, 9.17) is 4.98 Å². The molecule has 5 nitrogen and oxygen atoms in total. The van der Waals surface area contributed by atoms with Crippen molar-refractivity contribution >= 4 is 11.2 Å². The fraction of sp³-hybridized carbons (Fsp3) is 0.0435. The van der Waals surface area contributed by atoms with E-state index in [2.05, 4.69) is 31.7 Å². The van der Waals surface area contributed by atoms with Gasteiger partial charge in [-0.1, -0.05) is 60.7 Å². The molecule has 5 heteroatoms. The Morgan fingerprint density at radius 1 is 0.750 bits per heavy atom. The van der Waals surface area contributed by atoms with Gasteiger partial charge in [0.1, 0.15) is 23.4 Å². The molecular weight excluding hydrogens is 346 g/mol. The van der Waals surface area contributed by atoms with Gasteiger partial charge >= 0.3 is 0 Å². The molecular formula is C23H17N5. The van der Waals surface area contributed by atoms with Crippen molar-refractivity contribution in [2.45, 2.75) is 6.54 Å². The van der Waals surface area contributed by atoms with Crippen LogP contribution in [0.4, 0.5) is 0 Å². The van der Waals surface area contributed by atoms with Crippen molar-refractivity contribution in [1.29, 1.82) is 0 Å². The van der Waals surface area contributed by atoms with Crippen molar-refractivity contribution in [2.24, 2.45) is 0 Å². The number of fused-ring (bicyclic) bond motifs is 1. The Balaban J connectivity index is 1.76. The highest BCUT2D eigenvalue weighted by Crippen LogP contribution is 2.29. The molecule has 5 aromatic rings. The molecule has 0 aliphatic heterocycles. The van der Waals surface area contributed by atoms with E-state index >= 15 is 0 Å². The molecule has 0 aliphatic carbocycles. The van der Waals surface area contributed by atoms with Gasteiger partial charge in [0, 0.05) is 23.5 Å². The maximum atomic E-state index is 4.95. The van der Waals surface area contributed by atoms with Crippen molar-refractivity contribution in [3.8, 4) is 22.6 Å². The molecule has 0 unspecified atom stereocenters. The van der Waals surface area contributed by atoms with Crippen LogP contribution in [0.2, 0.25) is 0 Å². The van der Waals surface area contributed by atoms with Crippen LogP contribution in [-0.4, -0.2) is 24.5 Å². The molecule has 0 saturated carbocycles. The zero-order valence-corrected chi connectivity index (χ0v) is 15.1. The first-order valence-corrected chi connectivity index (χ1v) is 9.11. The molecule has 0 atom stereocenters. The molecule has 0 bridgehead atoms. The average molecular weight is 363 g/mol. The van der Waals surface area contributed by atoms with Crippen LogP contribution in [0.5, 0.6) is 0 Å². The summed E-state index contributed by atoms with van der Waals surface area (Å²) >= 11 is 0. The number of imidazole rings is 1. The topological polar surface area (TPSA) is 56.5 Å². The Morgan fingerprint density at radius 3 is 2.25 bits per heavy atom. The number of pyridine rings is 1. The van der Waals surface area contributed by atoms with Gasteiger partial charge in [-0.3, -0.25) is 4.98 Å². The van der Waals surface area contributed by atoms with Crippen molar-refractivity contribution in [3.05, 3.63) is 97.1 Å². The SMILES string of the molecule is c1ccc(Cn2c(-c3cccnc3)nc3c(-c4ccccc4)ncnc32)cc1. The smallest absolute Gasteiger partial charge is 0.164 e. The zero-order valence-electron chi connectivity index (χ0n) is 15.1. The lowest BCUT2D eigenvalue weighted by molar-refractivity contribution is 0.822. The minimum Gasteiger partial charge on any atom is -0.304 e. The zero-order chi connectivity index (χ0) is 18.8. The minimum absolute atomic E-state index is 0.673. The lowest BCUT2D eigenvalue weighted by atomic mass is 10.1. The van der Waals surface area contributed by atoms with Crippen LogP contribution in [0.25, 0.3) is 33.8 Å². The van der Waals surface area contributed by atoms with Crippen LogP contribution < -0.4 is 0 Å². The fourth-order valence-electron chi connectivity index (χ4n) is 3.37. The van der Waals surface area contributed by atoms with Gasteiger partial charge in [-0.15, -0.1) is 0 Å². The normalized spacial score (nSPS) is 11.0. The van der Waals surface area contributed by atoms with Gasteiger partial charge in [0.2, 0.25) is 0 Å². The number of nitrogens with zero attached hydrogens (tertiary/aromatic N) is 5. The van der Waals surface area contributed by atoms with E-state index in [0.717, 1.165) is 33.8 Å². The van der Waals surface area contributed by atoms with Gasteiger partial charge in [-0.25, -0.2) is 15.0 Å². The molecule has 0 N–H and O–H groups in total. The number of hydrogen-bond acceptors (Lipinski definition) is 4. The summed E-state index contributed by atoms with van der Waals surface area (Å²) < 4.78 is 2.13. The van der Waals surface area contributed by atoms with E-state index < -0.39 is 0 Å². The van der Waals surface area contributed by atoms with Crippen LogP contribution >= 0.6 is 0 Å². The molecule has 5 rings (SSSR count). The summed E-state index contributed by atoms with van der Waals surface area (Å²) in [6.45, 7) is 0.673. The molecule has 0 saturated heterocycles. The molecule has 0 fully saturated rings. The van der Waals surface area contributed by atoms with Gasteiger partial charge in [-0.05, 0) is 17.7 Å². The van der Waals surface area contributed by atoms with Crippen LogP contribution in [0.15, 0.2) is 91.5 Å². The average Bonchev–Trinajstić information content (AvgIpc) is 3.14. The third-order valence-corrected chi connectivity index (χ3v) is 4.68. The molecule has 0 amide bonds. The first kappa shape index (κ1) is 16.3. The second kappa shape index (κ2) is 7.04. The third kappa shape index (κ3) is 2.93. The number of benzene rings is 2. The summed E-state index contributed by atoms with van der Waals surface area (Å²) in [5.41, 5.74) is 5.61. The molecule has 0 radical (unpaired) electrons. The molecule has 134 valence electrons. The minimum atomic E-state index is 0.673. The summed E-state index contributed by atoms with van der Waals surface area (Å²) in [5, 5.41) is 0. The van der Waals surface area contributed by atoms with Gasteiger partial charge in [0.25, 0.3) is 0 Å². The summed E-state index contributed by atoms with van der Waals surface area (Å²) in [6.07, 6.45) is 5.21. The summed E-state index contributed by atoms with van der Waals surface area (Å²) in [5.74, 6) is 0.838. The highest BCUT2D eigenvalue weighted by atomic mass is 15.1. The predicted octanol–water partition coefficient (Wildman–Crippen LogP) is 4.60. The Labute approximate surface area is 162 Å². The fourth-order valence-corrected chi connectivity index (χ4v) is 3.37. The Kier molecular flexibility index (Phi) is 4.10. The Hall–Kier alpha value is -3.86. The van der Waals surface area contributed by atoms with Crippen molar-refractivity contribution in [3.63, 3.8) is 0 Å². The molecule has 0 aliphatic rings. The number of hydrogen-bond donors (Lipinski definition) is 0. The Morgan fingerprint density at radius 2 is 1.50 bits per heavy atom. The molecule has 3 heterocycles. The largest absolute Gasteiger partial charge is 0.304 e. The second-order valence-corrected chi connectivity index (χ2v) is 6.51. The van der Waals surface area contributed by atoms with Crippen LogP contribution in [0.3, 0.4) is 0 Å². The van der Waals surface area contributed by atoms with E-state index in [9.17, 15) is 0 Å². The second-order valence-electron chi connectivity index (χ2n) is 6.51. The van der Waals surface area contributed by atoms with E-state index in [0.29, 0.717) is 6.54 Å². The third-order valence-electron chi connectivity index (χ3n) is 4.68. The van der Waals surface area contributed by atoms with Crippen molar-refractivity contribution in [2.75, 3.05) is 0 Å². The first-order valence-electron chi connectivity index (χ1n) is 9.11. The highest BCUT2D eigenvalue weighted by molar-refractivity contribution is 5.89. The van der Waals surface area contributed by atoms with E-state index in [1.807, 2.05) is 66.9 Å². The van der Waals surface area contributed by atoms with Crippen LogP contribution in [0, 0.1) is 0 Å². The van der Waals surface area contributed by atoms with Gasteiger partial charge in [-0.2, -0.15) is 0 Å². The van der Waals surface area contributed by atoms with Crippen LogP contribution in [0.1, 0.15) is 5.56 Å². The lowest BCUT2D eigenvalue weighted by Crippen LogP contribution is -2.03. The summed E-state index contributed by atoms with van der Waals surface area (Å²) in [4.78, 5) is 18.3. The Bertz CT molecular complexity index is 1220. The highest BCUT2D eigenvalue weighted by Gasteiger charge is 2.18. The number of aromatic nitrogens is 5. The van der Waals surface area contributed by atoms with E-state index in [1.54, 1.807) is 12.5 Å². The lowest BCUT2D eigenvalue weighted by Gasteiger charge is -2.09. The van der Waals surface area contributed by atoms with Crippen molar-refractivity contribution < 1.29 is 0 Å². The number of rotatable bonds is 4. The standard InChI is InChI=1S/C23H17N5/c1-3-8-17(9-4-1)15-28-22(19-12-7-13-24-14-19)27-21-20(25-16-26-23(21)28)18-10-5-2-6-11-18/h1-14,16H,15H2. The van der Waals surface area contributed by atoms with Gasteiger partial charge in [0.15, 0.2) is 5.65 Å². The first-order chi connectivity index (χ1) is 13.9. The quantitative estimate of drug-likeness (QED) is 0.468. The molecule has 3 aromatic heterocycles. The molecule has 0 spiro atoms. The summed E-state index contributed by atoms with van der Waals surface area (Å²) in [6, 6.07) is 24.4.